The Morgan fingerprint density at radius 1 is 1.16 bits per heavy atom. The molecule has 2 unspecified atom stereocenters. The molecule has 2 aromatic rings. The van der Waals surface area contributed by atoms with Crippen molar-refractivity contribution in [3.8, 4) is 17.6 Å². The maximum absolute atomic E-state index is 13.0. The monoisotopic (exact) mass is 476 g/mol. The smallest absolute Gasteiger partial charge is 0.189 e. The zero-order valence-corrected chi connectivity index (χ0v) is 19.0. The van der Waals surface area contributed by atoms with Gasteiger partial charge in [-0.1, -0.05) is 41.3 Å². The third-order valence-corrected chi connectivity index (χ3v) is 5.42. The fourth-order valence-corrected chi connectivity index (χ4v) is 3.55. The first-order chi connectivity index (χ1) is 15.5. The number of alkyl halides is 1. The zero-order chi connectivity index (χ0) is 22.9. The SMILES string of the molecule is CC#CCOC(c1ccc(Cl)cc1)C(Cl)N1C=CN(CC(=O)COc2ccc(F)cc2)C1. The highest BCUT2D eigenvalue weighted by Gasteiger charge is 2.29. The van der Waals surface area contributed by atoms with Crippen molar-refractivity contribution in [2.75, 3.05) is 26.4 Å². The van der Waals surface area contributed by atoms with Crippen LogP contribution in [0, 0.1) is 17.7 Å². The summed E-state index contributed by atoms with van der Waals surface area (Å²) in [6.07, 6.45) is 3.18. The van der Waals surface area contributed by atoms with Crippen LogP contribution in [-0.4, -0.2) is 47.5 Å². The van der Waals surface area contributed by atoms with Crippen LogP contribution >= 0.6 is 23.2 Å². The minimum atomic E-state index is -0.526. The average molecular weight is 477 g/mol. The molecule has 1 heterocycles. The van der Waals surface area contributed by atoms with Crippen molar-refractivity contribution in [3.63, 3.8) is 0 Å². The first-order valence-corrected chi connectivity index (χ1v) is 10.8. The van der Waals surface area contributed by atoms with E-state index in [0.717, 1.165) is 5.56 Å². The minimum Gasteiger partial charge on any atom is -0.486 e. The van der Waals surface area contributed by atoms with Crippen LogP contribution in [-0.2, 0) is 9.53 Å². The van der Waals surface area contributed by atoms with E-state index in [-0.39, 0.29) is 31.4 Å². The predicted molar refractivity (Wildman–Crippen MR) is 123 cm³/mol. The van der Waals surface area contributed by atoms with Crippen LogP contribution in [0.5, 0.6) is 5.75 Å². The summed E-state index contributed by atoms with van der Waals surface area (Å²) < 4.78 is 24.3. The first-order valence-electron chi connectivity index (χ1n) is 9.95. The molecule has 32 heavy (non-hydrogen) atoms. The van der Waals surface area contributed by atoms with Gasteiger partial charge in [0.15, 0.2) is 5.78 Å². The van der Waals surface area contributed by atoms with E-state index in [2.05, 4.69) is 11.8 Å². The van der Waals surface area contributed by atoms with Gasteiger partial charge < -0.3 is 19.3 Å². The molecule has 2 aromatic carbocycles. The number of nitrogens with zero attached hydrogens (tertiary/aromatic N) is 2. The van der Waals surface area contributed by atoms with Crippen LogP contribution in [0.15, 0.2) is 60.9 Å². The molecule has 0 aliphatic carbocycles. The summed E-state index contributed by atoms with van der Waals surface area (Å²) in [4.78, 5) is 16.0. The molecule has 0 aromatic heterocycles. The number of halogens is 3. The Labute approximate surface area is 197 Å². The second-order valence-corrected chi connectivity index (χ2v) is 7.95. The molecule has 0 amide bonds. The fourth-order valence-electron chi connectivity index (χ4n) is 3.08. The molecule has 168 valence electrons. The molecule has 0 radical (unpaired) electrons. The fraction of sp³-hybridized carbons (Fsp3) is 0.292. The summed E-state index contributed by atoms with van der Waals surface area (Å²) in [6.45, 7) is 2.46. The van der Waals surface area contributed by atoms with E-state index in [1.165, 1.54) is 24.3 Å². The molecule has 3 rings (SSSR count). The molecular formula is C24H23Cl2FN2O3. The second-order valence-electron chi connectivity index (χ2n) is 7.06. The van der Waals surface area contributed by atoms with Gasteiger partial charge in [-0.05, 0) is 48.9 Å². The van der Waals surface area contributed by atoms with Gasteiger partial charge in [0, 0.05) is 17.4 Å². The Bertz CT molecular complexity index is 987. The largest absolute Gasteiger partial charge is 0.486 e. The lowest BCUT2D eigenvalue weighted by molar-refractivity contribution is -0.121. The number of carbonyl (C=O) groups is 1. The minimum absolute atomic E-state index is 0.105. The van der Waals surface area contributed by atoms with Gasteiger partial charge in [0.1, 0.15) is 36.4 Å². The number of ketones is 1. The quantitative estimate of drug-likeness (QED) is 0.279. The Morgan fingerprint density at radius 3 is 2.56 bits per heavy atom. The molecule has 1 aliphatic heterocycles. The number of ether oxygens (including phenoxy) is 2. The van der Waals surface area contributed by atoms with Crippen LogP contribution in [0.25, 0.3) is 0 Å². The number of hydrogen-bond donors (Lipinski definition) is 0. The molecule has 1 aliphatic rings. The van der Waals surface area contributed by atoms with Gasteiger partial charge in [0.2, 0.25) is 0 Å². The van der Waals surface area contributed by atoms with E-state index >= 15 is 0 Å². The summed E-state index contributed by atoms with van der Waals surface area (Å²) in [5, 5.41) is 0.626. The molecule has 0 spiro atoms. The van der Waals surface area contributed by atoms with E-state index in [0.29, 0.717) is 17.4 Å². The van der Waals surface area contributed by atoms with E-state index < -0.39 is 11.6 Å². The lowest BCUT2D eigenvalue weighted by Gasteiger charge is -2.31. The Kier molecular flexibility index (Phi) is 8.81. The number of hydrogen-bond acceptors (Lipinski definition) is 5. The summed E-state index contributed by atoms with van der Waals surface area (Å²) in [7, 11) is 0. The highest BCUT2D eigenvalue weighted by Crippen LogP contribution is 2.30. The van der Waals surface area contributed by atoms with E-state index in [1.54, 1.807) is 25.3 Å². The van der Waals surface area contributed by atoms with E-state index in [9.17, 15) is 9.18 Å². The predicted octanol–water partition coefficient (Wildman–Crippen LogP) is 4.82. The summed E-state index contributed by atoms with van der Waals surface area (Å²) >= 11 is 12.8. The van der Waals surface area contributed by atoms with Crippen LogP contribution in [0.1, 0.15) is 18.6 Å². The Balaban J connectivity index is 1.54. The van der Waals surface area contributed by atoms with Crippen LogP contribution < -0.4 is 4.74 Å². The third-order valence-electron chi connectivity index (χ3n) is 4.68. The van der Waals surface area contributed by atoms with Gasteiger partial charge >= 0.3 is 0 Å². The van der Waals surface area contributed by atoms with Crippen molar-refractivity contribution >= 4 is 29.0 Å². The number of carbonyl (C=O) groups excluding carboxylic acids is 1. The van der Waals surface area contributed by atoms with Crippen molar-refractivity contribution in [2.24, 2.45) is 0 Å². The molecule has 0 N–H and O–H groups in total. The van der Waals surface area contributed by atoms with Crippen molar-refractivity contribution < 1.29 is 18.7 Å². The standard InChI is InChI=1S/C24H23Cl2FN2O3/c1-2-3-14-31-23(18-4-6-19(25)7-5-18)24(26)29-13-12-28(17-29)15-21(30)16-32-22-10-8-20(27)9-11-22/h4-13,23-24H,14-17H2,1H3. The molecule has 0 bridgehead atoms. The van der Waals surface area contributed by atoms with Crippen LogP contribution in [0.2, 0.25) is 5.02 Å². The Hall–Kier alpha value is -2.72. The van der Waals surface area contributed by atoms with Gasteiger partial charge in [0.05, 0.1) is 13.2 Å². The number of rotatable bonds is 10. The van der Waals surface area contributed by atoms with Gasteiger partial charge in [-0.3, -0.25) is 4.79 Å². The van der Waals surface area contributed by atoms with Crippen LogP contribution in [0.3, 0.4) is 0 Å². The maximum Gasteiger partial charge on any atom is 0.189 e. The second kappa shape index (κ2) is 11.8. The molecule has 0 saturated heterocycles. The summed E-state index contributed by atoms with van der Waals surface area (Å²) in [6, 6.07) is 12.9. The lowest BCUT2D eigenvalue weighted by atomic mass is 10.1. The zero-order valence-electron chi connectivity index (χ0n) is 17.5. The number of Topliss-reactive ketones (excluding diaryl/α,β-unsaturated/α-hetero) is 1. The number of benzene rings is 2. The van der Waals surface area contributed by atoms with Gasteiger partial charge in [-0.15, -0.1) is 5.92 Å². The maximum atomic E-state index is 13.0. The molecule has 8 heteroatoms. The van der Waals surface area contributed by atoms with E-state index in [4.69, 9.17) is 32.7 Å². The van der Waals surface area contributed by atoms with E-state index in [1.807, 2.05) is 28.1 Å². The Morgan fingerprint density at radius 2 is 1.88 bits per heavy atom. The lowest BCUT2D eigenvalue weighted by Crippen LogP contribution is -2.37. The van der Waals surface area contributed by atoms with Crippen LogP contribution in [0.4, 0.5) is 4.39 Å². The van der Waals surface area contributed by atoms with Crippen molar-refractivity contribution in [3.05, 3.63) is 77.3 Å². The molecule has 2 atom stereocenters. The highest BCUT2D eigenvalue weighted by molar-refractivity contribution is 6.30. The normalized spacial score (nSPS) is 14.6. The van der Waals surface area contributed by atoms with Crippen molar-refractivity contribution in [1.82, 2.24) is 9.80 Å². The van der Waals surface area contributed by atoms with Gasteiger partial charge in [-0.25, -0.2) is 4.39 Å². The van der Waals surface area contributed by atoms with Crippen molar-refractivity contribution in [2.45, 2.75) is 18.5 Å². The summed E-state index contributed by atoms with van der Waals surface area (Å²) in [5.41, 5.74) is 0.351. The van der Waals surface area contributed by atoms with Gasteiger partial charge in [-0.2, -0.15) is 0 Å². The van der Waals surface area contributed by atoms with Gasteiger partial charge in [0.25, 0.3) is 0 Å². The molecule has 0 fully saturated rings. The molecule has 5 nitrogen and oxygen atoms in total. The molecular weight excluding hydrogens is 454 g/mol. The highest BCUT2D eigenvalue weighted by atomic mass is 35.5. The topological polar surface area (TPSA) is 42.0 Å². The summed E-state index contributed by atoms with van der Waals surface area (Å²) in [5.74, 6) is 5.66. The first kappa shape index (κ1) is 23.9. The third kappa shape index (κ3) is 6.89. The van der Waals surface area contributed by atoms with Crippen molar-refractivity contribution in [1.29, 1.82) is 0 Å². The molecule has 0 saturated carbocycles. The average Bonchev–Trinajstić information content (AvgIpc) is 3.25.